The molecule has 0 atom stereocenters. The Balaban J connectivity index is 1.70. The second-order valence-corrected chi connectivity index (χ2v) is 10.0. The third-order valence-corrected chi connectivity index (χ3v) is 7.36. The third kappa shape index (κ3) is 5.46. The van der Waals surface area contributed by atoms with Crippen molar-refractivity contribution in [3.8, 4) is 0 Å². The summed E-state index contributed by atoms with van der Waals surface area (Å²) in [6.07, 6.45) is 4.55. The first-order valence-corrected chi connectivity index (χ1v) is 10.7. The van der Waals surface area contributed by atoms with Crippen LogP contribution in [0.5, 0.6) is 0 Å². The molecule has 6 heteroatoms. The fourth-order valence-electron chi connectivity index (χ4n) is 3.13. The van der Waals surface area contributed by atoms with Crippen LogP contribution < -0.4 is 5.32 Å². The van der Waals surface area contributed by atoms with Gasteiger partial charge >= 0.3 is 0 Å². The molecule has 0 bridgehead atoms. The Morgan fingerprint density at radius 3 is 2.56 bits per heavy atom. The standard InChI is InChI=1S/C19H31N3O2S/c1-19(2)16-22(14-15-25(19,23)24)18(20-3)21-13-9-5-8-12-17-10-6-4-7-11-17/h4,6-7,10-11H,5,8-9,12-16H2,1-3H3,(H,20,21). The zero-order valence-electron chi connectivity index (χ0n) is 15.7. The highest BCUT2D eigenvalue weighted by Crippen LogP contribution is 2.23. The molecule has 1 heterocycles. The molecule has 1 N–H and O–H groups in total. The number of aliphatic imine (C=N–C) groups is 1. The number of rotatable bonds is 6. The van der Waals surface area contributed by atoms with Crippen LogP contribution in [-0.4, -0.2) is 56.5 Å². The fourth-order valence-corrected chi connectivity index (χ4v) is 4.50. The molecule has 1 aliphatic rings. The van der Waals surface area contributed by atoms with E-state index in [2.05, 4.69) is 39.5 Å². The monoisotopic (exact) mass is 365 g/mol. The van der Waals surface area contributed by atoms with Crippen LogP contribution in [0.4, 0.5) is 0 Å². The second-order valence-electron chi connectivity index (χ2n) is 7.27. The van der Waals surface area contributed by atoms with Gasteiger partial charge in [-0.05, 0) is 38.7 Å². The Morgan fingerprint density at radius 1 is 1.20 bits per heavy atom. The van der Waals surface area contributed by atoms with Crippen LogP contribution in [0.3, 0.4) is 0 Å². The van der Waals surface area contributed by atoms with E-state index < -0.39 is 14.6 Å². The summed E-state index contributed by atoms with van der Waals surface area (Å²) in [6, 6.07) is 10.6. The predicted octanol–water partition coefficient (Wildman–Crippen LogP) is 2.48. The summed E-state index contributed by atoms with van der Waals surface area (Å²) in [4.78, 5) is 6.39. The molecular formula is C19H31N3O2S. The molecule has 0 amide bonds. The third-order valence-electron chi connectivity index (χ3n) is 4.82. The highest BCUT2D eigenvalue weighted by Gasteiger charge is 2.40. The van der Waals surface area contributed by atoms with Crippen LogP contribution in [0.1, 0.15) is 38.7 Å². The lowest BCUT2D eigenvalue weighted by Crippen LogP contribution is -2.57. The summed E-state index contributed by atoms with van der Waals surface area (Å²) in [6.45, 7) is 5.46. The number of hydrogen-bond donors (Lipinski definition) is 1. The first-order valence-electron chi connectivity index (χ1n) is 9.07. The Labute approximate surface area is 152 Å². The van der Waals surface area contributed by atoms with Gasteiger partial charge in [0.05, 0.1) is 10.5 Å². The van der Waals surface area contributed by atoms with E-state index >= 15 is 0 Å². The van der Waals surface area contributed by atoms with Gasteiger partial charge < -0.3 is 10.2 Å². The van der Waals surface area contributed by atoms with Gasteiger partial charge in [0.1, 0.15) is 0 Å². The summed E-state index contributed by atoms with van der Waals surface area (Å²) in [5.41, 5.74) is 1.39. The summed E-state index contributed by atoms with van der Waals surface area (Å²) in [5.74, 6) is 1.00. The van der Waals surface area contributed by atoms with Crippen molar-refractivity contribution < 1.29 is 8.42 Å². The molecule has 0 aromatic heterocycles. The Kier molecular flexibility index (Phi) is 6.87. The van der Waals surface area contributed by atoms with Crippen molar-refractivity contribution in [2.45, 2.75) is 44.3 Å². The number of guanidine groups is 1. The summed E-state index contributed by atoms with van der Waals surface area (Å²) in [5, 5.41) is 3.38. The van der Waals surface area contributed by atoms with Crippen molar-refractivity contribution in [3.05, 3.63) is 35.9 Å². The first-order chi connectivity index (χ1) is 11.9. The number of hydrogen-bond acceptors (Lipinski definition) is 3. The first kappa shape index (κ1) is 19.8. The maximum atomic E-state index is 12.1. The molecule has 0 radical (unpaired) electrons. The smallest absolute Gasteiger partial charge is 0.193 e. The molecule has 2 rings (SSSR count). The topological polar surface area (TPSA) is 61.8 Å². The van der Waals surface area contributed by atoms with Gasteiger partial charge in [-0.3, -0.25) is 4.99 Å². The highest BCUT2D eigenvalue weighted by atomic mass is 32.2. The van der Waals surface area contributed by atoms with Gasteiger partial charge in [0.25, 0.3) is 0 Å². The summed E-state index contributed by atoms with van der Waals surface area (Å²) in [7, 11) is -1.26. The SMILES string of the molecule is CN=C(NCCCCCc1ccccc1)N1CCS(=O)(=O)C(C)(C)C1. The minimum Gasteiger partial charge on any atom is -0.356 e. The Hall–Kier alpha value is -1.56. The molecule has 1 fully saturated rings. The minimum atomic E-state index is -3.02. The number of nitrogens with one attached hydrogen (secondary N) is 1. The lowest BCUT2D eigenvalue weighted by atomic mass is 10.1. The van der Waals surface area contributed by atoms with Gasteiger partial charge in [0, 0.05) is 26.7 Å². The normalized spacial score (nSPS) is 19.6. The van der Waals surface area contributed by atoms with E-state index in [1.165, 1.54) is 18.4 Å². The molecule has 1 aliphatic heterocycles. The zero-order valence-corrected chi connectivity index (χ0v) is 16.5. The average molecular weight is 366 g/mol. The Morgan fingerprint density at radius 2 is 1.92 bits per heavy atom. The van der Waals surface area contributed by atoms with E-state index in [0.29, 0.717) is 13.1 Å². The summed E-state index contributed by atoms with van der Waals surface area (Å²) < 4.78 is 23.5. The molecule has 0 saturated carbocycles. The molecule has 1 aromatic rings. The van der Waals surface area contributed by atoms with Gasteiger partial charge in [-0.1, -0.05) is 36.8 Å². The van der Waals surface area contributed by atoms with Crippen LogP contribution in [0, 0.1) is 0 Å². The van der Waals surface area contributed by atoms with Crippen molar-refractivity contribution in [3.63, 3.8) is 0 Å². The van der Waals surface area contributed by atoms with E-state index in [9.17, 15) is 8.42 Å². The van der Waals surface area contributed by atoms with Gasteiger partial charge in [0.15, 0.2) is 15.8 Å². The molecule has 0 spiro atoms. The lowest BCUT2D eigenvalue weighted by Gasteiger charge is -2.39. The molecular weight excluding hydrogens is 334 g/mol. The van der Waals surface area contributed by atoms with Gasteiger partial charge in [-0.15, -0.1) is 0 Å². The maximum absolute atomic E-state index is 12.1. The maximum Gasteiger partial charge on any atom is 0.193 e. The van der Waals surface area contributed by atoms with Crippen molar-refractivity contribution in [2.75, 3.05) is 32.4 Å². The second kappa shape index (κ2) is 8.70. The molecule has 5 nitrogen and oxygen atoms in total. The van der Waals surface area contributed by atoms with Crippen molar-refractivity contribution in [1.29, 1.82) is 0 Å². The number of unbranched alkanes of at least 4 members (excludes halogenated alkanes) is 2. The van der Waals surface area contributed by atoms with Gasteiger partial charge in [-0.25, -0.2) is 8.42 Å². The minimum absolute atomic E-state index is 0.192. The predicted molar refractivity (Wildman–Crippen MR) is 105 cm³/mol. The average Bonchev–Trinajstić information content (AvgIpc) is 2.58. The molecule has 1 aromatic carbocycles. The van der Waals surface area contributed by atoms with Crippen LogP contribution in [0.25, 0.3) is 0 Å². The van der Waals surface area contributed by atoms with E-state index in [-0.39, 0.29) is 5.75 Å². The van der Waals surface area contributed by atoms with E-state index in [1.54, 1.807) is 20.9 Å². The molecule has 1 saturated heterocycles. The molecule has 25 heavy (non-hydrogen) atoms. The van der Waals surface area contributed by atoms with Gasteiger partial charge in [-0.2, -0.15) is 0 Å². The van der Waals surface area contributed by atoms with Crippen molar-refractivity contribution in [1.82, 2.24) is 10.2 Å². The molecule has 140 valence electrons. The lowest BCUT2D eigenvalue weighted by molar-refractivity contribution is 0.353. The molecule has 0 unspecified atom stereocenters. The zero-order chi connectivity index (χ0) is 18.3. The van der Waals surface area contributed by atoms with E-state index in [4.69, 9.17) is 0 Å². The van der Waals surface area contributed by atoms with Crippen molar-refractivity contribution in [2.24, 2.45) is 4.99 Å². The molecule has 0 aliphatic carbocycles. The van der Waals surface area contributed by atoms with Gasteiger partial charge in [0.2, 0.25) is 0 Å². The van der Waals surface area contributed by atoms with Crippen LogP contribution in [-0.2, 0) is 16.3 Å². The number of sulfone groups is 1. The van der Waals surface area contributed by atoms with Crippen LogP contribution >= 0.6 is 0 Å². The quantitative estimate of drug-likeness (QED) is 0.478. The number of benzene rings is 1. The van der Waals surface area contributed by atoms with E-state index in [1.807, 2.05) is 6.07 Å². The highest BCUT2D eigenvalue weighted by molar-refractivity contribution is 7.92. The number of nitrogens with zero attached hydrogens (tertiary/aromatic N) is 2. The largest absolute Gasteiger partial charge is 0.356 e. The van der Waals surface area contributed by atoms with Crippen LogP contribution in [0.2, 0.25) is 0 Å². The number of aryl methyl sites for hydroxylation is 1. The fraction of sp³-hybridized carbons (Fsp3) is 0.632. The van der Waals surface area contributed by atoms with Crippen LogP contribution in [0.15, 0.2) is 35.3 Å². The van der Waals surface area contributed by atoms with Crippen molar-refractivity contribution >= 4 is 15.8 Å². The van der Waals surface area contributed by atoms with E-state index in [0.717, 1.165) is 25.3 Å². The Bertz CT molecular complexity index is 669. The summed E-state index contributed by atoms with van der Waals surface area (Å²) >= 11 is 0.